The molecule has 1 aromatic carbocycles. The van der Waals surface area contributed by atoms with Gasteiger partial charge in [0, 0.05) is 7.11 Å². The molecule has 0 radical (unpaired) electrons. The maximum Gasteiger partial charge on any atom is 0.573 e. The number of hydrogen-bond acceptors (Lipinski definition) is 2. The van der Waals surface area contributed by atoms with Crippen molar-refractivity contribution in [1.82, 2.24) is 0 Å². The van der Waals surface area contributed by atoms with Gasteiger partial charge in [-0.05, 0) is 30.5 Å². The molecule has 0 N–H and O–H groups in total. The van der Waals surface area contributed by atoms with E-state index >= 15 is 0 Å². The highest BCUT2D eigenvalue weighted by molar-refractivity contribution is 5.35. The molecule has 2 nitrogen and oxygen atoms in total. The van der Waals surface area contributed by atoms with E-state index < -0.39 is 12.0 Å². The Balaban J connectivity index is 2.20. The van der Waals surface area contributed by atoms with Crippen LogP contribution in [0.4, 0.5) is 13.2 Å². The molecule has 0 atom stereocenters. The van der Waals surface area contributed by atoms with Gasteiger partial charge in [-0.3, -0.25) is 0 Å². The largest absolute Gasteiger partial charge is 0.573 e. The first-order valence-corrected chi connectivity index (χ1v) is 4.87. The number of alkyl halides is 3. The predicted octanol–water partition coefficient (Wildman–Crippen LogP) is 3.22. The van der Waals surface area contributed by atoms with Crippen LogP contribution in [0.25, 0.3) is 0 Å². The summed E-state index contributed by atoms with van der Waals surface area (Å²) in [6.07, 6.45) is -2.99. The zero-order chi connectivity index (χ0) is 11.8. The van der Waals surface area contributed by atoms with E-state index in [-0.39, 0.29) is 5.75 Å². The Hall–Kier alpha value is -1.23. The highest BCUT2D eigenvalue weighted by Gasteiger charge is 2.45. The summed E-state index contributed by atoms with van der Waals surface area (Å²) in [4.78, 5) is 0. The van der Waals surface area contributed by atoms with Gasteiger partial charge in [0.05, 0.1) is 5.60 Å². The molecule has 1 saturated carbocycles. The van der Waals surface area contributed by atoms with Gasteiger partial charge in [-0.1, -0.05) is 12.1 Å². The molecule has 0 saturated heterocycles. The molecule has 0 heterocycles. The fraction of sp³-hybridized carbons (Fsp3) is 0.455. The van der Waals surface area contributed by atoms with E-state index in [2.05, 4.69) is 4.74 Å². The van der Waals surface area contributed by atoms with E-state index in [0.717, 1.165) is 18.4 Å². The normalized spacial score (nSPS) is 18.2. The summed E-state index contributed by atoms with van der Waals surface area (Å²) in [6.45, 7) is 0. The van der Waals surface area contributed by atoms with Gasteiger partial charge in [0.15, 0.2) is 0 Å². The van der Waals surface area contributed by atoms with Gasteiger partial charge in [0.25, 0.3) is 0 Å². The fourth-order valence-electron chi connectivity index (χ4n) is 1.70. The second-order valence-corrected chi connectivity index (χ2v) is 3.77. The Bertz CT molecular complexity index is 383. The van der Waals surface area contributed by atoms with Crippen molar-refractivity contribution < 1.29 is 22.6 Å². The van der Waals surface area contributed by atoms with Gasteiger partial charge in [0.2, 0.25) is 0 Å². The van der Waals surface area contributed by atoms with Crippen LogP contribution in [0.5, 0.6) is 5.75 Å². The molecule has 0 aromatic heterocycles. The Morgan fingerprint density at radius 2 is 1.94 bits per heavy atom. The fourth-order valence-corrected chi connectivity index (χ4v) is 1.70. The zero-order valence-corrected chi connectivity index (χ0v) is 8.67. The van der Waals surface area contributed by atoms with Crippen molar-refractivity contribution in [2.24, 2.45) is 0 Å². The third-order valence-corrected chi connectivity index (χ3v) is 2.69. The molecule has 88 valence electrons. The van der Waals surface area contributed by atoms with Crippen molar-refractivity contribution >= 4 is 0 Å². The van der Waals surface area contributed by atoms with E-state index in [4.69, 9.17) is 4.74 Å². The summed E-state index contributed by atoms with van der Waals surface area (Å²) in [5, 5.41) is 0. The summed E-state index contributed by atoms with van der Waals surface area (Å²) < 4.78 is 45.2. The smallest absolute Gasteiger partial charge is 0.406 e. The predicted molar refractivity (Wildman–Crippen MR) is 51.0 cm³/mol. The second kappa shape index (κ2) is 3.66. The third-order valence-electron chi connectivity index (χ3n) is 2.69. The maximum absolute atomic E-state index is 12.0. The molecule has 16 heavy (non-hydrogen) atoms. The molecule has 0 bridgehead atoms. The van der Waals surface area contributed by atoms with Crippen LogP contribution in [0, 0.1) is 0 Å². The average Bonchev–Trinajstić information content (AvgIpc) is 2.96. The number of halogens is 3. The van der Waals surface area contributed by atoms with Gasteiger partial charge >= 0.3 is 6.36 Å². The first-order valence-electron chi connectivity index (χ1n) is 4.87. The van der Waals surface area contributed by atoms with Crippen LogP contribution in [0.1, 0.15) is 18.4 Å². The average molecular weight is 232 g/mol. The highest BCUT2D eigenvalue weighted by Crippen LogP contribution is 2.49. The monoisotopic (exact) mass is 232 g/mol. The molecular weight excluding hydrogens is 221 g/mol. The van der Waals surface area contributed by atoms with E-state index in [1.165, 1.54) is 18.2 Å². The second-order valence-electron chi connectivity index (χ2n) is 3.77. The number of ether oxygens (including phenoxy) is 2. The number of hydrogen-bond donors (Lipinski definition) is 0. The van der Waals surface area contributed by atoms with Crippen molar-refractivity contribution in [3.63, 3.8) is 0 Å². The summed E-state index contributed by atoms with van der Waals surface area (Å²) in [6, 6.07) is 5.95. The quantitative estimate of drug-likeness (QED) is 0.796. The summed E-state index contributed by atoms with van der Waals surface area (Å²) in [5.41, 5.74) is 0.335. The lowest BCUT2D eigenvalue weighted by molar-refractivity contribution is -0.274. The van der Waals surface area contributed by atoms with E-state index in [0.29, 0.717) is 0 Å². The van der Waals surface area contributed by atoms with E-state index in [9.17, 15) is 13.2 Å². The van der Waals surface area contributed by atoms with Crippen LogP contribution < -0.4 is 4.74 Å². The Morgan fingerprint density at radius 1 is 1.25 bits per heavy atom. The van der Waals surface area contributed by atoms with Crippen LogP contribution in [0.3, 0.4) is 0 Å². The molecular formula is C11H11F3O2. The van der Waals surface area contributed by atoms with Crippen LogP contribution >= 0.6 is 0 Å². The molecule has 0 amide bonds. The molecule has 0 unspecified atom stereocenters. The minimum Gasteiger partial charge on any atom is -0.406 e. The molecule has 1 aromatic rings. The topological polar surface area (TPSA) is 18.5 Å². The van der Waals surface area contributed by atoms with Gasteiger partial charge in [-0.25, -0.2) is 0 Å². The Kier molecular flexibility index (Phi) is 2.58. The minimum absolute atomic E-state index is 0.201. The number of rotatable bonds is 3. The highest BCUT2D eigenvalue weighted by atomic mass is 19.4. The molecule has 5 heteroatoms. The number of benzene rings is 1. The van der Waals surface area contributed by atoms with Crippen LogP contribution in [-0.4, -0.2) is 13.5 Å². The zero-order valence-electron chi connectivity index (χ0n) is 8.67. The maximum atomic E-state index is 12.0. The third kappa shape index (κ3) is 2.29. The molecule has 0 aliphatic heterocycles. The lowest BCUT2D eigenvalue weighted by atomic mass is 10.1. The van der Waals surface area contributed by atoms with Crippen molar-refractivity contribution in [2.75, 3.05) is 7.11 Å². The van der Waals surface area contributed by atoms with Crippen LogP contribution in [-0.2, 0) is 10.3 Å². The molecule has 1 aliphatic carbocycles. The summed E-state index contributed by atoms with van der Waals surface area (Å²) >= 11 is 0. The molecule has 2 rings (SSSR count). The SMILES string of the molecule is COC1(c2cccc(OC(F)(F)F)c2)CC1. The lowest BCUT2D eigenvalue weighted by Gasteiger charge is -2.15. The van der Waals surface area contributed by atoms with Crippen molar-refractivity contribution in [2.45, 2.75) is 24.8 Å². The van der Waals surface area contributed by atoms with Gasteiger partial charge < -0.3 is 9.47 Å². The molecule has 1 fully saturated rings. The molecule has 0 spiro atoms. The van der Waals surface area contributed by atoms with Crippen molar-refractivity contribution in [3.8, 4) is 5.75 Å². The summed E-state index contributed by atoms with van der Waals surface area (Å²) in [7, 11) is 1.56. The van der Waals surface area contributed by atoms with Crippen molar-refractivity contribution in [3.05, 3.63) is 29.8 Å². The Morgan fingerprint density at radius 3 is 2.44 bits per heavy atom. The van der Waals surface area contributed by atoms with Gasteiger partial charge in [0.1, 0.15) is 5.75 Å². The van der Waals surface area contributed by atoms with Crippen molar-refractivity contribution in [1.29, 1.82) is 0 Å². The summed E-state index contributed by atoms with van der Waals surface area (Å²) in [5.74, 6) is -0.201. The van der Waals surface area contributed by atoms with Gasteiger partial charge in [-0.15, -0.1) is 13.2 Å². The molecule has 1 aliphatic rings. The van der Waals surface area contributed by atoms with E-state index in [1.54, 1.807) is 13.2 Å². The lowest BCUT2D eigenvalue weighted by Crippen LogP contribution is -2.17. The van der Waals surface area contributed by atoms with Crippen LogP contribution in [0.2, 0.25) is 0 Å². The first-order chi connectivity index (χ1) is 7.45. The Labute approximate surface area is 91.0 Å². The standard InChI is InChI=1S/C11H11F3O2/c1-15-10(5-6-10)8-3-2-4-9(7-8)16-11(12,13)14/h2-4,7H,5-6H2,1H3. The number of methoxy groups -OCH3 is 1. The minimum atomic E-state index is -4.65. The van der Waals surface area contributed by atoms with Gasteiger partial charge in [-0.2, -0.15) is 0 Å². The first kappa shape index (κ1) is 11.3. The van der Waals surface area contributed by atoms with Crippen LogP contribution in [0.15, 0.2) is 24.3 Å². The van der Waals surface area contributed by atoms with E-state index in [1.807, 2.05) is 0 Å².